The Kier molecular flexibility index (Phi) is 4.75. The van der Waals surface area contributed by atoms with E-state index in [2.05, 4.69) is 15.9 Å². The molecular formula is C14H18BrNO4S. The number of hydrogen-bond acceptors (Lipinski definition) is 3. The van der Waals surface area contributed by atoms with Gasteiger partial charge in [-0.15, -0.1) is 0 Å². The molecule has 0 aliphatic carbocycles. The fourth-order valence-corrected chi connectivity index (χ4v) is 5.57. The Morgan fingerprint density at radius 3 is 2.62 bits per heavy atom. The number of carboxylic acid groups (broad SMARTS) is 1. The van der Waals surface area contributed by atoms with E-state index in [1.165, 1.54) is 22.5 Å². The van der Waals surface area contributed by atoms with E-state index in [0.717, 1.165) is 12.8 Å². The van der Waals surface area contributed by atoms with Crippen LogP contribution in [0.2, 0.25) is 0 Å². The zero-order valence-corrected chi connectivity index (χ0v) is 14.3. The van der Waals surface area contributed by atoms with Crippen LogP contribution in [0.25, 0.3) is 0 Å². The largest absolute Gasteiger partial charge is 0.478 e. The van der Waals surface area contributed by atoms with Crippen molar-refractivity contribution >= 4 is 31.9 Å². The molecular weight excluding hydrogens is 358 g/mol. The zero-order chi connectivity index (χ0) is 15.8. The van der Waals surface area contributed by atoms with Crippen LogP contribution in [0.1, 0.15) is 37.0 Å². The summed E-state index contributed by atoms with van der Waals surface area (Å²) < 4.78 is 27.4. The van der Waals surface area contributed by atoms with Crippen molar-refractivity contribution < 1.29 is 18.3 Å². The summed E-state index contributed by atoms with van der Waals surface area (Å²) in [5.74, 6) is -0.833. The lowest BCUT2D eigenvalue weighted by Gasteiger charge is -2.27. The first-order valence-electron chi connectivity index (χ1n) is 6.80. The van der Waals surface area contributed by atoms with Crippen molar-refractivity contribution in [3.8, 4) is 0 Å². The maximum absolute atomic E-state index is 12.8. The van der Waals surface area contributed by atoms with Gasteiger partial charge in [-0.05, 0) is 52.9 Å². The molecule has 1 heterocycles. The molecule has 1 N–H and O–H groups in total. The standard InChI is InChI=1S/C14H18BrNO4S/c1-9(2)12-4-3-7-16(12)21(19,20)13-6-5-10(14(17)18)8-11(13)15/h5-6,8-9,12H,3-4,7H2,1-2H3,(H,17,18). The van der Waals surface area contributed by atoms with Crippen molar-refractivity contribution in [2.75, 3.05) is 6.54 Å². The molecule has 1 unspecified atom stereocenters. The Labute approximate surface area is 133 Å². The van der Waals surface area contributed by atoms with Gasteiger partial charge in [0.25, 0.3) is 0 Å². The topological polar surface area (TPSA) is 74.7 Å². The third kappa shape index (κ3) is 3.14. The van der Waals surface area contributed by atoms with Gasteiger partial charge >= 0.3 is 5.97 Å². The molecule has 1 aromatic rings. The Bertz CT molecular complexity index is 657. The van der Waals surface area contributed by atoms with Gasteiger partial charge in [0.05, 0.1) is 10.5 Å². The number of rotatable bonds is 4. The van der Waals surface area contributed by atoms with Crippen LogP contribution in [0.4, 0.5) is 0 Å². The number of carbonyl (C=O) groups is 1. The minimum absolute atomic E-state index is 0.000972. The Hall–Kier alpha value is -0.920. The number of halogens is 1. The summed E-state index contributed by atoms with van der Waals surface area (Å²) >= 11 is 3.19. The van der Waals surface area contributed by atoms with Crippen molar-refractivity contribution in [3.05, 3.63) is 28.2 Å². The molecule has 0 bridgehead atoms. The first kappa shape index (κ1) is 16.5. The van der Waals surface area contributed by atoms with Gasteiger partial charge in [-0.25, -0.2) is 13.2 Å². The number of aromatic carboxylic acids is 1. The third-order valence-corrected chi connectivity index (χ3v) is 6.68. The zero-order valence-electron chi connectivity index (χ0n) is 11.9. The minimum Gasteiger partial charge on any atom is -0.478 e. The molecule has 0 spiro atoms. The van der Waals surface area contributed by atoms with Gasteiger partial charge in [0.2, 0.25) is 10.0 Å². The first-order valence-corrected chi connectivity index (χ1v) is 9.03. The molecule has 116 valence electrons. The smallest absolute Gasteiger partial charge is 0.335 e. The molecule has 0 amide bonds. The highest BCUT2D eigenvalue weighted by atomic mass is 79.9. The molecule has 1 saturated heterocycles. The predicted octanol–water partition coefficient (Wildman–Crippen LogP) is 2.96. The van der Waals surface area contributed by atoms with Crippen LogP contribution in [0.15, 0.2) is 27.6 Å². The molecule has 7 heteroatoms. The second kappa shape index (κ2) is 6.06. The minimum atomic E-state index is -3.61. The van der Waals surface area contributed by atoms with Crippen LogP contribution in [0.3, 0.4) is 0 Å². The lowest BCUT2D eigenvalue weighted by Crippen LogP contribution is -2.38. The Balaban J connectivity index is 2.42. The second-order valence-electron chi connectivity index (χ2n) is 5.52. The summed E-state index contributed by atoms with van der Waals surface area (Å²) in [5, 5.41) is 8.95. The van der Waals surface area contributed by atoms with Crippen LogP contribution in [0, 0.1) is 5.92 Å². The maximum Gasteiger partial charge on any atom is 0.335 e. The molecule has 1 atom stereocenters. The average molecular weight is 376 g/mol. The van der Waals surface area contributed by atoms with Gasteiger partial charge in [-0.3, -0.25) is 0 Å². The summed E-state index contributed by atoms with van der Waals surface area (Å²) in [6.45, 7) is 4.54. The molecule has 5 nitrogen and oxygen atoms in total. The van der Waals surface area contributed by atoms with Gasteiger partial charge in [0.1, 0.15) is 0 Å². The number of sulfonamides is 1. The van der Waals surface area contributed by atoms with Crippen molar-refractivity contribution in [1.29, 1.82) is 0 Å². The predicted molar refractivity (Wildman–Crippen MR) is 82.9 cm³/mol. The number of nitrogens with zero attached hydrogens (tertiary/aromatic N) is 1. The summed E-state index contributed by atoms with van der Waals surface area (Å²) in [6.07, 6.45) is 1.72. The number of hydrogen-bond donors (Lipinski definition) is 1. The van der Waals surface area contributed by atoms with E-state index >= 15 is 0 Å². The SMILES string of the molecule is CC(C)C1CCCN1S(=O)(=O)c1ccc(C(=O)O)cc1Br. The van der Waals surface area contributed by atoms with Crippen LogP contribution < -0.4 is 0 Å². The summed E-state index contributed by atoms with van der Waals surface area (Å²) in [5.41, 5.74) is 0.0580. The van der Waals surface area contributed by atoms with Gasteiger partial charge < -0.3 is 5.11 Å². The van der Waals surface area contributed by atoms with Gasteiger partial charge in [0.15, 0.2) is 0 Å². The van der Waals surface area contributed by atoms with E-state index in [9.17, 15) is 13.2 Å². The van der Waals surface area contributed by atoms with E-state index in [1.54, 1.807) is 0 Å². The highest BCUT2D eigenvalue weighted by Crippen LogP contribution is 2.33. The third-order valence-electron chi connectivity index (χ3n) is 3.78. The monoisotopic (exact) mass is 375 g/mol. The Morgan fingerprint density at radius 1 is 1.43 bits per heavy atom. The maximum atomic E-state index is 12.8. The van der Waals surface area contributed by atoms with Gasteiger partial charge in [-0.2, -0.15) is 4.31 Å². The van der Waals surface area contributed by atoms with Gasteiger partial charge in [-0.1, -0.05) is 13.8 Å². The van der Waals surface area contributed by atoms with Crippen molar-refractivity contribution in [2.24, 2.45) is 5.92 Å². The lowest BCUT2D eigenvalue weighted by molar-refractivity contribution is 0.0696. The molecule has 0 radical (unpaired) electrons. The highest BCUT2D eigenvalue weighted by Gasteiger charge is 2.37. The quantitative estimate of drug-likeness (QED) is 0.877. The van der Waals surface area contributed by atoms with E-state index in [4.69, 9.17) is 5.11 Å². The molecule has 0 aromatic heterocycles. The number of benzene rings is 1. The molecule has 1 fully saturated rings. The molecule has 1 aliphatic rings. The van der Waals surface area contributed by atoms with Crippen LogP contribution in [-0.4, -0.2) is 36.4 Å². The van der Waals surface area contributed by atoms with Gasteiger partial charge in [0, 0.05) is 17.1 Å². The lowest BCUT2D eigenvalue weighted by atomic mass is 10.0. The summed E-state index contributed by atoms with van der Waals surface area (Å²) in [6, 6.07) is 4.01. The molecule has 2 rings (SSSR count). The first-order chi connectivity index (χ1) is 9.75. The fourth-order valence-electron chi connectivity index (χ4n) is 2.70. The summed E-state index contributed by atoms with van der Waals surface area (Å²) in [7, 11) is -3.61. The van der Waals surface area contributed by atoms with Crippen molar-refractivity contribution in [3.63, 3.8) is 0 Å². The van der Waals surface area contributed by atoms with Crippen molar-refractivity contribution in [1.82, 2.24) is 4.31 Å². The van der Waals surface area contributed by atoms with Crippen LogP contribution >= 0.6 is 15.9 Å². The van der Waals surface area contributed by atoms with E-state index < -0.39 is 16.0 Å². The van der Waals surface area contributed by atoms with Crippen molar-refractivity contribution in [2.45, 2.75) is 37.6 Å². The van der Waals surface area contributed by atoms with E-state index in [-0.39, 0.29) is 26.9 Å². The summed E-state index contributed by atoms with van der Waals surface area (Å²) in [4.78, 5) is 11.1. The normalized spacial score (nSPS) is 20.1. The molecule has 1 aromatic carbocycles. The Morgan fingerprint density at radius 2 is 2.10 bits per heavy atom. The van der Waals surface area contributed by atoms with Crippen LogP contribution in [0.5, 0.6) is 0 Å². The van der Waals surface area contributed by atoms with E-state index in [1.807, 2.05) is 13.8 Å². The molecule has 0 saturated carbocycles. The average Bonchev–Trinajstić information content (AvgIpc) is 2.88. The number of carboxylic acids is 1. The highest BCUT2D eigenvalue weighted by molar-refractivity contribution is 9.10. The van der Waals surface area contributed by atoms with E-state index in [0.29, 0.717) is 6.54 Å². The van der Waals surface area contributed by atoms with Crippen LogP contribution in [-0.2, 0) is 10.0 Å². The fraction of sp³-hybridized carbons (Fsp3) is 0.500. The molecule has 21 heavy (non-hydrogen) atoms. The second-order valence-corrected chi connectivity index (χ2v) is 8.23. The molecule has 1 aliphatic heterocycles.